The Morgan fingerprint density at radius 1 is 1.06 bits per heavy atom. The van der Waals surface area contributed by atoms with Crippen LogP contribution in [0, 0.1) is 6.92 Å². The quantitative estimate of drug-likeness (QED) is 0.647. The van der Waals surface area contributed by atoms with E-state index in [4.69, 9.17) is 0 Å². The Morgan fingerprint density at radius 3 is 2.61 bits per heavy atom. The van der Waals surface area contributed by atoms with E-state index in [1.54, 1.807) is 0 Å². The summed E-state index contributed by atoms with van der Waals surface area (Å²) in [7, 11) is 0. The summed E-state index contributed by atoms with van der Waals surface area (Å²) in [6, 6.07) is 13.0. The molecule has 0 radical (unpaired) electrons. The molecule has 2 aromatic rings. The molecule has 0 heterocycles. The fraction of sp³-hybridized carbons (Fsp3) is 0.176. The summed E-state index contributed by atoms with van der Waals surface area (Å²) in [4.78, 5) is 0. The van der Waals surface area contributed by atoms with E-state index < -0.39 is 0 Å². The van der Waals surface area contributed by atoms with Gasteiger partial charge in [0.15, 0.2) is 0 Å². The molecule has 0 amide bonds. The molecule has 1 aliphatic rings. The normalized spacial score (nSPS) is 16.9. The smallest absolute Gasteiger partial charge is 0.0187 e. The van der Waals surface area contributed by atoms with Gasteiger partial charge in [-0.1, -0.05) is 59.3 Å². The fourth-order valence-electron chi connectivity index (χ4n) is 2.73. The van der Waals surface area contributed by atoms with Crippen LogP contribution in [0.4, 0.5) is 0 Å². The van der Waals surface area contributed by atoms with Gasteiger partial charge in [-0.05, 0) is 46.9 Å². The number of hydrogen-bond donors (Lipinski definition) is 0. The van der Waals surface area contributed by atoms with Gasteiger partial charge in [-0.15, -0.1) is 0 Å². The highest BCUT2D eigenvalue weighted by atomic mass is 79.9. The second kappa shape index (κ2) is 4.40. The lowest BCUT2D eigenvalue weighted by Crippen LogP contribution is -1.94. The van der Waals surface area contributed by atoms with Crippen LogP contribution in [-0.2, 0) is 0 Å². The predicted octanol–water partition coefficient (Wildman–Crippen LogP) is 5.55. The van der Waals surface area contributed by atoms with Crippen LogP contribution in [0.25, 0.3) is 17.2 Å². The maximum absolute atomic E-state index is 3.62. The molecule has 0 aliphatic heterocycles. The van der Waals surface area contributed by atoms with Crippen molar-refractivity contribution in [2.45, 2.75) is 19.8 Å². The van der Waals surface area contributed by atoms with Crippen LogP contribution in [0.15, 0.2) is 46.9 Å². The SMILES string of the molecule is Cc1ccccc1-c1cc(Br)cc2c1C(C)C=C2. The molecular formula is C17H15Br. The van der Waals surface area contributed by atoms with Crippen LogP contribution in [-0.4, -0.2) is 0 Å². The Hall–Kier alpha value is -1.34. The molecule has 1 atom stereocenters. The van der Waals surface area contributed by atoms with E-state index >= 15 is 0 Å². The Bertz CT molecular complexity index is 638. The first-order chi connectivity index (χ1) is 8.66. The minimum atomic E-state index is 0.503. The average Bonchev–Trinajstić information content (AvgIpc) is 2.71. The van der Waals surface area contributed by atoms with Crippen molar-refractivity contribution in [3.05, 3.63) is 63.6 Å². The number of fused-ring (bicyclic) bond motifs is 1. The van der Waals surface area contributed by atoms with Crippen LogP contribution in [0.1, 0.15) is 29.5 Å². The topological polar surface area (TPSA) is 0 Å². The summed E-state index contributed by atoms with van der Waals surface area (Å²) in [6.45, 7) is 4.44. The van der Waals surface area contributed by atoms with Crippen molar-refractivity contribution in [2.24, 2.45) is 0 Å². The van der Waals surface area contributed by atoms with Gasteiger partial charge in [0, 0.05) is 10.4 Å². The van der Waals surface area contributed by atoms with Gasteiger partial charge in [0.1, 0.15) is 0 Å². The fourth-order valence-corrected chi connectivity index (χ4v) is 3.20. The number of benzene rings is 2. The van der Waals surface area contributed by atoms with E-state index in [-0.39, 0.29) is 0 Å². The van der Waals surface area contributed by atoms with E-state index in [0.29, 0.717) is 5.92 Å². The molecule has 0 aromatic heterocycles. The molecule has 0 saturated carbocycles. The predicted molar refractivity (Wildman–Crippen MR) is 81.8 cm³/mol. The first-order valence-electron chi connectivity index (χ1n) is 6.24. The van der Waals surface area contributed by atoms with Crippen LogP contribution < -0.4 is 0 Å². The number of allylic oxidation sites excluding steroid dienone is 1. The molecule has 3 rings (SSSR count). The van der Waals surface area contributed by atoms with Crippen LogP contribution in [0.5, 0.6) is 0 Å². The second-order valence-electron chi connectivity index (χ2n) is 4.92. The molecule has 1 heteroatoms. The lowest BCUT2D eigenvalue weighted by Gasteiger charge is -2.15. The van der Waals surface area contributed by atoms with Crippen molar-refractivity contribution < 1.29 is 0 Å². The molecule has 2 aromatic carbocycles. The zero-order chi connectivity index (χ0) is 12.7. The standard InChI is InChI=1S/C17H15Br/c1-11-5-3-4-6-15(11)16-10-14(18)9-13-8-7-12(2)17(13)16/h3-10,12H,1-2H3. The highest BCUT2D eigenvalue weighted by Gasteiger charge is 2.19. The lowest BCUT2D eigenvalue weighted by atomic mass is 9.90. The van der Waals surface area contributed by atoms with Crippen LogP contribution in [0.2, 0.25) is 0 Å². The maximum atomic E-state index is 3.62. The van der Waals surface area contributed by atoms with Crippen molar-refractivity contribution >= 4 is 22.0 Å². The zero-order valence-corrected chi connectivity index (χ0v) is 12.2. The number of rotatable bonds is 1. The van der Waals surface area contributed by atoms with Crippen LogP contribution >= 0.6 is 15.9 Å². The minimum Gasteiger partial charge on any atom is -0.0766 e. The first kappa shape index (κ1) is 11.7. The summed E-state index contributed by atoms with van der Waals surface area (Å²) in [5.41, 5.74) is 6.82. The van der Waals surface area contributed by atoms with Crippen molar-refractivity contribution in [3.63, 3.8) is 0 Å². The third kappa shape index (κ3) is 1.83. The first-order valence-corrected chi connectivity index (χ1v) is 7.04. The molecule has 0 saturated heterocycles. The molecule has 1 aliphatic carbocycles. The largest absolute Gasteiger partial charge is 0.0766 e. The van der Waals surface area contributed by atoms with Gasteiger partial charge < -0.3 is 0 Å². The maximum Gasteiger partial charge on any atom is 0.0187 e. The molecule has 0 nitrogen and oxygen atoms in total. The van der Waals surface area contributed by atoms with Gasteiger partial charge in [0.25, 0.3) is 0 Å². The van der Waals surface area contributed by atoms with Gasteiger partial charge in [-0.3, -0.25) is 0 Å². The molecule has 90 valence electrons. The number of hydrogen-bond acceptors (Lipinski definition) is 0. The number of aryl methyl sites for hydroxylation is 1. The minimum absolute atomic E-state index is 0.503. The third-order valence-corrected chi connectivity index (χ3v) is 4.09. The monoisotopic (exact) mass is 298 g/mol. The lowest BCUT2D eigenvalue weighted by molar-refractivity contribution is 0.991. The third-order valence-electron chi connectivity index (χ3n) is 3.63. The van der Waals surface area contributed by atoms with Crippen LogP contribution in [0.3, 0.4) is 0 Å². The molecular weight excluding hydrogens is 284 g/mol. The van der Waals surface area contributed by atoms with E-state index in [0.717, 1.165) is 4.47 Å². The highest BCUT2D eigenvalue weighted by Crippen LogP contribution is 2.40. The zero-order valence-electron chi connectivity index (χ0n) is 10.6. The highest BCUT2D eigenvalue weighted by molar-refractivity contribution is 9.10. The summed E-state index contributed by atoms with van der Waals surface area (Å²) in [5.74, 6) is 0.503. The molecule has 0 N–H and O–H groups in total. The molecule has 1 unspecified atom stereocenters. The summed E-state index contributed by atoms with van der Waals surface area (Å²) in [5, 5.41) is 0. The Labute approximate surface area is 116 Å². The van der Waals surface area contributed by atoms with Crippen molar-refractivity contribution in [2.75, 3.05) is 0 Å². The average molecular weight is 299 g/mol. The Morgan fingerprint density at radius 2 is 1.83 bits per heavy atom. The number of halogens is 1. The van der Waals surface area contributed by atoms with E-state index in [1.807, 2.05) is 0 Å². The van der Waals surface area contributed by atoms with Crippen molar-refractivity contribution in [1.82, 2.24) is 0 Å². The summed E-state index contributed by atoms with van der Waals surface area (Å²) >= 11 is 3.62. The Kier molecular flexibility index (Phi) is 2.87. The van der Waals surface area contributed by atoms with Gasteiger partial charge in [-0.2, -0.15) is 0 Å². The van der Waals surface area contributed by atoms with Gasteiger partial charge >= 0.3 is 0 Å². The molecule has 0 bridgehead atoms. The molecule has 0 spiro atoms. The molecule has 18 heavy (non-hydrogen) atoms. The van der Waals surface area contributed by atoms with Gasteiger partial charge in [0.05, 0.1) is 0 Å². The van der Waals surface area contributed by atoms with Gasteiger partial charge in [-0.25, -0.2) is 0 Å². The second-order valence-corrected chi connectivity index (χ2v) is 5.83. The van der Waals surface area contributed by atoms with E-state index in [2.05, 4.69) is 78.3 Å². The summed E-state index contributed by atoms with van der Waals surface area (Å²) in [6.07, 6.45) is 4.51. The summed E-state index contributed by atoms with van der Waals surface area (Å²) < 4.78 is 1.15. The Balaban J connectivity index is 2.29. The van der Waals surface area contributed by atoms with Gasteiger partial charge in [0.2, 0.25) is 0 Å². The molecule has 0 fully saturated rings. The van der Waals surface area contributed by atoms with Crippen molar-refractivity contribution in [1.29, 1.82) is 0 Å². The van der Waals surface area contributed by atoms with E-state index in [9.17, 15) is 0 Å². The van der Waals surface area contributed by atoms with Crippen molar-refractivity contribution in [3.8, 4) is 11.1 Å². The van der Waals surface area contributed by atoms with E-state index in [1.165, 1.54) is 27.8 Å².